The molecule has 0 bridgehead atoms. The molecule has 1 amide bonds. The molecule has 2 rings (SSSR count). The molecular formula is C16H21N3OS. The van der Waals surface area contributed by atoms with Gasteiger partial charge in [0.05, 0.1) is 17.8 Å². The molecule has 4 nitrogen and oxygen atoms in total. The monoisotopic (exact) mass is 303 g/mol. The van der Waals surface area contributed by atoms with Crippen LogP contribution in [0.15, 0.2) is 24.4 Å². The van der Waals surface area contributed by atoms with Gasteiger partial charge in [0, 0.05) is 17.6 Å². The van der Waals surface area contributed by atoms with Gasteiger partial charge in [-0.05, 0) is 31.4 Å². The number of nitrogens with one attached hydrogen (secondary N) is 1. The van der Waals surface area contributed by atoms with Gasteiger partial charge in [0.2, 0.25) is 5.91 Å². The second kappa shape index (κ2) is 7.31. The van der Waals surface area contributed by atoms with Gasteiger partial charge in [0.1, 0.15) is 5.01 Å². The van der Waals surface area contributed by atoms with E-state index in [2.05, 4.69) is 29.1 Å². The van der Waals surface area contributed by atoms with Crippen LogP contribution >= 0.6 is 11.3 Å². The number of hydrogen-bond donors (Lipinski definition) is 1. The van der Waals surface area contributed by atoms with E-state index in [9.17, 15) is 4.79 Å². The smallest absolute Gasteiger partial charge is 0.225 e. The molecule has 0 unspecified atom stereocenters. The van der Waals surface area contributed by atoms with Crippen LogP contribution in [0.1, 0.15) is 30.8 Å². The van der Waals surface area contributed by atoms with Gasteiger partial charge in [0.25, 0.3) is 0 Å². The van der Waals surface area contributed by atoms with E-state index in [1.54, 1.807) is 17.5 Å². The summed E-state index contributed by atoms with van der Waals surface area (Å²) in [5, 5.41) is 3.84. The number of aromatic nitrogens is 2. The number of rotatable bonds is 6. The van der Waals surface area contributed by atoms with Gasteiger partial charge in [-0.15, -0.1) is 11.3 Å². The second-order valence-corrected chi connectivity index (χ2v) is 6.54. The predicted octanol–water partition coefficient (Wildman–Crippen LogP) is 3.22. The van der Waals surface area contributed by atoms with Crippen molar-refractivity contribution < 1.29 is 4.79 Å². The fourth-order valence-corrected chi connectivity index (χ4v) is 2.94. The summed E-state index contributed by atoms with van der Waals surface area (Å²) in [6.07, 6.45) is 3.16. The van der Waals surface area contributed by atoms with E-state index in [1.165, 1.54) is 0 Å². The molecule has 5 heteroatoms. The molecule has 0 spiro atoms. The highest BCUT2D eigenvalue weighted by Gasteiger charge is 2.13. The molecule has 0 saturated heterocycles. The number of carbonyl (C=O) groups is 1. The zero-order chi connectivity index (χ0) is 15.2. The van der Waals surface area contributed by atoms with Gasteiger partial charge in [-0.25, -0.2) is 4.98 Å². The lowest BCUT2D eigenvalue weighted by Gasteiger charge is -2.06. The summed E-state index contributed by atoms with van der Waals surface area (Å²) in [6, 6.07) is 5.76. The topological polar surface area (TPSA) is 54.9 Å². The quantitative estimate of drug-likeness (QED) is 0.891. The number of pyridine rings is 1. The molecule has 1 N–H and O–H groups in total. The minimum absolute atomic E-state index is 0.0648. The number of carbonyl (C=O) groups excluding carboxylic acids is 1. The first-order valence-electron chi connectivity index (χ1n) is 7.20. The SMILES string of the molecule is Cc1nc(-c2ccccn2)sc1CC(=O)NCCC(C)C. The lowest BCUT2D eigenvalue weighted by molar-refractivity contribution is -0.120. The zero-order valence-corrected chi connectivity index (χ0v) is 13.5. The molecule has 0 radical (unpaired) electrons. The van der Waals surface area contributed by atoms with Crippen LogP contribution in [0.25, 0.3) is 10.7 Å². The van der Waals surface area contributed by atoms with Crippen LogP contribution in [0.5, 0.6) is 0 Å². The molecule has 2 heterocycles. The molecular weight excluding hydrogens is 282 g/mol. The number of hydrogen-bond acceptors (Lipinski definition) is 4. The maximum absolute atomic E-state index is 11.9. The van der Waals surface area contributed by atoms with Gasteiger partial charge < -0.3 is 5.32 Å². The highest BCUT2D eigenvalue weighted by Crippen LogP contribution is 2.26. The first-order chi connectivity index (χ1) is 10.1. The van der Waals surface area contributed by atoms with Crippen LogP contribution in [0, 0.1) is 12.8 Å². The molecule has 112 valence electrons. The third-order valence-corrected chi connectivity index (χ3v) is 4.32. The molecule has 0 atom stereocenters. The largest absolute Gasteiger partial charge is 0.356 e. The van der Waals surface area contributed by atoms with Crippen LogP contribution in [0.4, 0.5) is 0 Å². The number of thiazole rings is 1. The minimum atomic E-state index is 0.0648. The van der Waals surface area contributed by atoms with Crippen LogP contribution < -0.4 is 5.32 Å². The third-order valence-electron chi connectivity index (χ3n) is 3.14. The van der Waals surface area contributed by atoms with Gasteiger partial charge in [-0.1, -0.05) is 19.9 Å². The number of amides is 1. The highest BCUT2D eigenvalue weighted by atomic mass is 32.1. The number of aryl methyl sites for hydroxylation is 1. The second-order valence-electron chi connectivity index (χ2n) is 5.45. The van der Waals surface area contributed by atoms with Crippen molar-refractivity contribution in [2.75, 3.05) is 6.54 Å². The summed E-state index contributed by atoms with van der Waals surface area (Å²) in [5.74, 6) is 0.668. The van der Waals surface area contributed by atoms with E-state index in [0.717, 1.165) is 34.2 Å². The van der Waals surface area contributed by atoms with E-state index in [0.29, 0.717) is 12.3 Å². The first kappa shape index (κ1) is 15.6. The molecule has 0 aliphatic heterocycles. The average molecular weight is 303 g/mol. The van der Waals surface area contributed by atoms with E-state index in [1.807, 2.05) is 25.1 Å². The van der Waals surface area contributed by atoms with Crippen LogP contribution in [-0.4, -0.2) is 22.4 Å². The molecule has 0 fully saturated rings. The number of nitrogens with zero attached hydrogens (tertiary/aromatic N) is 2. The summed E-state index contributed by atoms with van der Waals surface area (Å²) in [5.41, 5.74) is 1.77. The zero-order valence-electron chi connectivity index (χ0n) is 12.7. The van der Waals surface area contributed by atoms with Gasteiger partial charge >= 0.3 is 0 Å². The minimum Gasteiger partial charge on any atom is -0.356 e. The van der Waals surface area contributed by atoms with Gasteiger partial charge in [0.15, 0.2) is 0 Å². The Morgan fingerprint density at radius 3 is 2.86 bits per heavy atom. The summed E-state index contributed by atoms with van der Waals surface area (Å²) in [6.45, 7) is 6.98. The lowest BCUT2D eigenvalue weighted by Crippen LogP contribution is -2.26. The molecule has 2 aromatic rings. The fourth-order valence-electron chi connectivity index (χ4n) is 1.90. The maximum atomic E-state index is 11.9. The molecule has 0 aliphatic rings. The van der Waals surface area contributed by atoms with E-state index in [-0.39, 0.29) is 5.91 Å². The predicted molar refractivity (Wildman–Crippen MR) is 86.3 cm³/mol. The Labute approximate surface area is 129 Å². The Morgan fingerprint density at radius 1 is 1.38 bits per heavy atom. The Morgan fingerprint density at radius 2 is 2.19 bits per heavy atom. The van der Waals surface area contributed by atoms with Crippen molar-refractivity contribution in [2.45, 2.75) is 33.6 Å². The Hall–Kier alpha value is -1.75. The first-order valence-corrected chi connectivity index (χ1v) is 8.02. The Balaban J connectivity index is 1.98. The van der Waals surface area contributed by atoms with Crippen molar-refractivity contribution >= 4 is 17.2 Å². The van der Waals surface area contributed by atoms with Crippen LogP contribution in [0.3, 0.4) is 0 Å². The average Bonchev–Trinajstić information content (AvgIpc) is 2.81. The fraction of sp³-hybridized carbons (Fsp3) is 0.438. The van der Waals surface area contributed by atoms with Crippen molar-refractivity contribution in [3.05, 3.63) is 35.0 Å². The Bertz CT molecular complexity index is 593. The van der Waals surface area contributed by atoms with E-state index < -0.39 is 0 Å². The third kappa shape index (κ3) is 4.63. The van der Waals surface area contributed by atoms with Crippen molar-refractivity contribution in [2.24, 2.45) is 5.92 Å². The summed E-state index contributed by atoms with van der Waals surface area (Å²) in [4.78, 5) is 21.8. The normalized spacial score (nSPS) is 10.9. The summed E-state index contributed by atoms with van der Waals surface area (Å²) < 4.78 is 0. The summed E-state index contributed by atoms with van der Waals surface area (Å²) in [7, 11) is 0. The van der Waals surface area contributed by atoms with Crippen molar-refractivity contribution in [3.8, 4) is 10.7 Å². The van der Waals surface area contributed by atoms with Crippen molar-refractivity contribution in [1.29, 1.82) is 0 Å². The highest BCUT2D eigenvalue weighted by molar-refractivity contribution is 7.15. The van der Waals surface area contributed by atoms with Crippen molar-refractivity contribution in [1.82, 2.24) is 15.3 Å². The van der Waals surface area contributed by atoms with E-state index in [4.69, 9.17) is 0 Å². The standard InChI is InChI=1S/C16H21N3OS/c1-11(2)7-9-18-15(20)10-14-12(3)19-16(21-14)13-6-4-5-8-17-13/h4-6,8,11H,7,9-10H2,1-3H3,(H,18,20). The van der Waals surface area contributed by atoms with Crippen LogP contribution in [0.2, 0.25) is 0 Å². The van der Waals surface area contributed by atoms with Crippen LogP contribution in [-0.2, 0) is 11.2 Å². The van der Waals surface area contributed by atoms with Crippen molar-refractivity contribution in [3.63, 3.8) is 0 Å². The molecule has 21 heavy (non-hydrogen) atoms. The van der Waals surface area contributed by atoms with Gasteiger partial charge in [-0.3, -0.25) is 9.78 Å². The molecule has 2 aromatic heterocycles. The molecule has 0 saturated carbocycles. The maximum Gasteiger partial charge on any atom is 0.225 e. The van der Waals surface area contributed by atoms with Gasteiger partial charge in [-0.2, -0.15) is 0 Å². The van der Waals surface area contributed by atoms with E-state index >= 15 is 0 Å². The summed E-state index contributed by atoms with van der Waals surface area (Å²) >= 11 is 1.55. The lowest BCUT2D eigenvalue weighted by atomic mass is 10.1. The Kier molecular flexibility index (Phi) is 5.44. The molecule has 0 aromatic carbocycles. The molecule has 0 aliphatic carbocycles.